The Morgan fingerprint density at radius 2 is 1.97 bits per heavy atom. The third kappa shape index (κ3) is 6.28. The summed E-state index contributed by atoms with van der Waals surface area (Å²) in [5.74, 6) is 0.764. The summed E-state index contributed by atoms with van der Waals surface area (Å²) in [5.41, 5.74) is 3.02. The Balaban J connectivity index is 1.19. The van der Waals surface area contributed by atoms with E-state index in [0.29, 0.717) is 0 Å². The molecule has 2 N–H and O–H groups in total. The summed E-state index contributed by atoms with van der Waals surface area (Å²) >= 11 is 3.17. The number of aromatic nitrogens is 2. The summed E-state index contributed by atoms with van der Waals surface area (Å²) in [5, 5.41) is 7.27. The first-order chi connectivity index (χ1) is 17.1. The van der Waals surface area contributed by atoms with E-state index in [9.17, 15) is 4.79 Å². The van der Waals surface area contributed by atoms with Crippen molar-refractivity contribution >= 4 is 40.0 Å². The van der Waals surface area contributed by atoms with Gasteiger partial charge in [-0.2, -0.15) is 0 Å². The molecule has 1 aliphatic heterocycles. The number of amides is 1. The minimum atomic E-state index is -0.00155. The number of benzene rings is 2. The van der Waals surface area contributed by atoms with Gasteiger partial charge in [0.25, 0.3) is 5.91 Å². The van der Waals surface area contributed by atoms with Crippen LogP contribution >= 0.6 is 23.1 Å². The van der Waals surface area contributed by atoms with Crippen LogP contribution in [0.15, 0.2) is 88.2 Å². The second-order valence-electron chi connectivity index (χ2n) is 8.58. The van der Waals surface area contributed by atoms with Gasteiger partial charge in [0.1, 0.15) is 5.82 Å². The number of pyridine rings is 1. The van der Waals surface area contributed by atoms with Gasteiger partial charge in [0.05, 0.1) is 10.4 Å². The largest absolute Gasteiger partial charge is 0.348 e. The van der Waals surface area contributed by atoms with E-state index in [2.05, 4.69) is 55.8 Å². The first-order valence-electron chi connectivity index (χ1n) is 11.6. The summed E-state index contributed by atoms with van der Waals surface area (Å²) < 4.78 is 1.05. The number of rotatable bonds is 8. The summed E-state index contributed by atoms with van der Waals surface area (Å²) in [6.07, 6.45) is 4.57. The molecule has 1 fully saturated rings. The van der Waals surface area contributed by atoms with Gasteiger partial charge in [0, 0.05) is 42.3 Å². The van der Waals surface area contributed by atoms with Crippen LogP contribution in [0.5, 0.6) is 0 Å². The molecule has 1 aliphatic rings. The average molecular weight is 502 g/mol. The lowest BCUT2D eigenvalue weighted by Crippen LogP contribution is -2.37. The predicted molar refractivity (Wildman–Crippen MR) is 143 cm³/mol. The van der Waals surface area contributed by atoms with Crippen LogP contribution in [0.3, 0.4) is 0 Å². The highest BCUT2D eigenvalue weighted by Crippen LogP contribution is 2.35. The van der Waals surface area contributed by atoms with Crippen LogP contribution < -0.4 is 10.6 Å². The minimum absolute atomic E-state index is 0.00155. The van der Waals surface area contributed by atoms with Crippen molar-refractivity contribution in [3.05, 3.63) is 95.8 Å². The Hall–Kier alpha value is -3.20. The van der Waals surface area contributed by atoms with Crippen LogP contribution in [0.4, 0.5) is 10.9 Å². The quantitative estimate of drug-likeness (QED) is 0.321. The molecule has 2 aromatic heterocycles. The van der Waals surface area contributed by atoms with Gasteiger partial charge in [-0.3, -0.25) is 9.69 Å². The van der Waals surface area contributed by atoms with Crippen LogP contribution in [0.25, 0.3) is 0 Å². The number of thiazole rings is 1. The number of carbonyl (C=O) groups excluding carboxylic acids is 1. The highest BCUT2D eigenvalue weighted by Gasteiger charge is 2.25. The number of hydrogen-bond donors (Lipinski definition) is 2. The first kappa shape index (κ1) is 23.5. The fourth-order valence-electron chi connectivity index (χ4n) is 4.13. The molecule has 1 saturated heterocycles. The molecule has 35 heavy (non-hydrogen) atoms. The zero-order valence-electron chi connectivity index (χ0n) is 19.5. The van der Waals surface area contributed by atoms with Crippen molar-refractivity contribution in [2.75, 3.05) is 18.4 Å². The molecule has 1 amide bonds. The molecule has 2 aromatic carbocycles. The maximum absolute atomic E-state index is 13.1. The van der Waals surface area contributed by atoms with Crippen LogP contribution in [0.2, 0.25) is 0 Å². The van der Waals surface area contributed by atoms with Crippen molar-refractivity contribution in [1.82, 2.24) is 20.2 Å². The molecule has 1 atom stereocenters. The van der Waals surface area contributed by atoms with E-state index in [4.69, 9.17) is 0 Å². The van der Waals surface area contributed by atoms with E-state index in [1.165, 1.54) is 5.56 Å². The third-order valence-corrected chi connectivity index (χ3v) is 7.92. The number of carbonyl (C=O) groups is 1. The summed E-state index contributed by atoms with van der Waals surface area (Å²) in [6.45, 7) is 4.78. The molecule has 0 radical (unpaired) electrons. The predicted octanol–water partition coefficient (Wildman–Crippen LogP) is 5.75. The average Bonchev–Trinajstić information content (AvgIpc) is 3.50. The van der Waals surface area contributed by atoms with Gasteiger partial charge in [0.2, 0.25) is 0 Å². The summed E-state index contributed by atoms with van der Waals surface area (Å²) in [7, 11) is 0. The van der Waals surface area contributed by atoms with E-state index < -0.39 is 0 Å². The molecular weight excluding hydrogens is 474 g/mol. The van der Waals surface area contributed by atoms with E-state index in [1.54, 1.807) is 29.3 Å². The van der Waals surface area contributed by atoms with Crippen molar-refractivity contribution in [3.63, 3.8) is 0 Å². The molecule has 1 unspecified atom stereocenters. The topological polar surface area (TPSA) is 70.1 Å². The SMILES string of the molecule is Cc1ccc(Sc2cnc(Nc3ccccn3)s2)cc1C(=O)NC1CCN(Cc2ccccc2)C1. The number of nitrogens with one attached hydrogen (secondary N) is 2. The van der Waals surface area contributed by atoms with Crippen molar-refractivity contribution in [2.24, 2.45) is 0 Å². The first-order valence-corrected chi connectivity index (χ1v) is 13.3. The molecule has 8 heteroatoms. The Bertz CT molecular complexity index is 1280. The molecule has 0 aliphatic carbocycles. The van der Waals surface area contributed by atoms with E-state index in [1.807, 2.05) is 49.5 Å². The number of likely N-dealkylation sites (tertiary alicyclic amines) is 1. The number of anilines is 2. The number of nitrogens with zero attached hydrogens (tertiary/aromatic N) is 3. The Labute approximate surface area is 213 Å². The lowest BCUT2D eigenvalue weighted by molar-refractivity contribution is 0.0937. The maximum atomic E-state index is 13.1. The highest BCUT2D eigenvalue weighted by molar-refractivity contribution is 8.01. The normalized spacial score (nSPS) is 15.7. The van der Waals surface area contributed by atoms with Gasteiger partial charge < -0.3 is 10.6 Å². The Kier molecular flexibility index (Phi) is 7.42. The lowest BCUT2D eigenvalue weighted by Gasteiger charge is -2.17. The van der Waals surface area contributed by atoms with Crippen LogP contribution in [0, 0.1) is 6.92 Å². The van der Waals surface area contributed by atoms with Crippen molar-refractivity contribution < 1.29 is 4.79 Å². The highest BCUT2D eigenvalue weighted by atomic mass is 32.2. The van der Waals surface area contributed by atoms with E-state index in [-0.39, 0.29) is 11.9 Å². The number of aryl methyl sites for hydroxylation is 1. The Morgan fingerprint density at radius 3 is 2.80 bits per heavy atom. The maximum Gasteiger partial charge on any atom is 0.251 e. The Morgan fingerprint density at radius 1 is 1.11 bits per heavy atom. The monoisotopic (exact) mass is 501 g/mol. The van der Waals surface area contributed by atoms with Gasteiger partial charge in [0.15, 0.2) is 5.13 Å². The summed E-state index contributed by atoms with van der Waals surface area (Å²) in [4.78, 5) is 25.3. The fraction of sp³-hybridized carbons (Fsp3) is 0.222. The van der Waals surface area contributed by atoms with Gasteiger partial charge in [-0.05, 0) is 48.7 Å². The second-order valence-corrected chi connectivity index (χ2v) is 11.0. The van der Waals surface area contributed by atoms with Gasteiger partial charge >= 0.3 is 0 Å². The van der Waals surface area contributed by atoms with Crippen LogP contribution in [-0.2, 0) is 6.54 Å². The van der Waals surface area contributed by atoms with E-state index in [0.717, 1.165) is 57.2 Å². The molecule has 3 heterocycles. The lowest BCUT2D eigenvalue weighted by atomic mass is 10.1. The van der Waals surface area contributed by atoms with Crippen molar-refractivity contribution in [1.29, 1.82) is 0 Å². The molecule has 6 nitrogen and oxygen atoms in total. The molecule has 178 valence electrons. The zero-order valence-corrected chi connectivity index (χ0v) is 21.1. The second kappa shape index (κ2) is 11.0. The molecule has 4 aromatic rings. The summed E-state index contributed by atoms with van der Waals surface area (Å²) in [6, 6.07) is 22.4. The van der Waals surface area contributed by atoms with Gasteiger partial charge in [-0.15, -0.1) is 0 Å². The van der Waals surface area contributed by atoms with Crippen LogP contribution in [0.1, 0.15) is 27.9 Å². The fourth-order valence-corrected chi connectivity index (χ4v) is 6.03. The van der Waals surface area contributed by atoms with Gasteiger partial charge in [-0.25, -0.2) is 9.97 Å². The van der Waals surface area contributed by atoms with E-state index >= 15 is 0 Å². The molecule has 0 spiro atoms. The zero-order chi connectivity index (χ0) is 24.0. The van der Waals surface area contributed by atoms with Gasteiger partial charge in [-0.1, -0.05) is 65.6 Å². The van der Waals surface area contributed by atoms with Crippen molar-refractivity contribution in [2.45, 2.75) is 35.0 Å². The molecule has 5 rings (SSSR count). The molecular formula is C27H27N5OS2. The minimum Gasteiger partial charge on any atom is -0.348 e. The number of hydrogen-bond acceptors (Lipinski definition) is 7. The smallest absolute Gasteiger partial charge is 0.251 e. The molecule has 0 saturated carbocycles. The third-order valence-electron chi connectivity index (χ3n) is 5.91. The molecule has 0 bridgehead atoms. The van der Waals surface area contributed by atoms with Crippen molar-refractivity contribution in [3.8, 4) is 0 Å². The standard InChI is InChI=1S/C27H27N5OS2/c1-19-10-11-22(34-25-16-29-27(35-25)31-24-9-5-6-13-28-24)15-23(19)26(33)30-21-12-14-32(18-21)17-20-7-3-2-4-8-20/h2-11,13,15-16,21H,12,14,17-18H2,1H3,(H,30,33)(H,28,29,31). The van der Waals surface area contributed by atoms with Crippen LogP contribution in [-0.4, -0.2) is 39.9 Å².